The Hall–Kier alpha value is -2.17. The van der Waals surface area contributed by atoms with Gasteiger partial charge in [0.15, 0.2) is 0 Å². The second kappa shape index (κ2) is 6.08. The van der Waals surface area contributed by atoms with Gasteiger partial charge < -0.3 is 4.90 Å². The maximum atomic E-state index is 13.0. The highest BCUT2D eigenvalue weighted by Gasteiger charge is 2.25. The molecule has 0 radical (unpaired) electrons. The van der Waals surface area contributed by atoms with Crippen LogP contribution in [-0.2, 0) is 0 Å². The van der Waals surface area contributed by atoms with Crippen LogP contribution in [0.25, 0.3) is 0 Å². The van der Waals surface area contributed by atoms with E-state index in [4.69, 9.17) is 0 Å². The summed E-state index contributed by atoms with van der Waals surface area (Å²) in [6, 6.07) is 6.13. The van der Waals surface area contributed by atoms with Crippen LogP contribution in [0.5, 0.6) is 0 Å². The molecule has 1 aromatic carbocycles. The minimum absolute atomic E-state index is 0.0573. The maximum Gasteiger partial charge on any atom is 0.258 e. The van der Waals surface area contributed by atoms with Gasteiger partial charge in [-0.3, -0.25) is 9.89 Å². The molecule has 1 N–H and O–H groups in total. The topological polar surface area (TPSA) is 49.0 Å². The number of aromatic nitrogens is 2. The van der Waals surface area contributed by atoms with Gasteiger partial charge in [0.25, 0.3) is 5.91 Å². The van der Waals surface area contributed by atoms with Gasteiger partial charge in [0.1, 0.15) is 5.82 Å². The Balaban J connectivity index is 2.31. The molecule has 1 aromatic heterocycles. The first kappa shape index (κ1) is 15.2. The fraction of sp³-hybridized carbons (Fsp3) is 0.375. The van der Waals surface area contributed by atoms with Gasteiger partial charge in [-0.2, -0.15) is 5.10 Å². The van der Waals surface area contributed by atoms with E-state index in [2.05, 4.69) is 10.2 Å². The van der Waals surface area contributed by atoms with Crippen molar-refractivity contribution >= 4 is 5.91 Å². The van der Waals surface area contributed by atoms with E-state index in [-0.39, 0.29) is 17.8 Å². The zero-order valence-corrected chi connectivity index (χ0v) is 12.8. The number of hydrogen-bond donors (Lipinski definition) is 1. The average molecular weight is 289 g/mol. The lowest BCUT2D eigenvalue weighted by atomic mass is 10.0. The van der Waals surface area contributed by atoms with Gasteiger partial charge in [-0.05, 0) is 45.4 Å². The van der Waals surface area contributed by atoms with E-state index in [1.807, 2.05) is 27.7 Å². The van der Waals surface area contributed by atoms with Gasteiger partial charge in [0, 0.05) is 12.2 Å². The second-order valence-corrected chi connectivity index (χ2v) is 5.13. The summed E-state index contributed by atoms with van der Waals surface area (Å²) in [7, 11) is 0. The van der Waals surface area contributed by atoms with Crippen LogP contribution in [0.15, 0.2) is 24.3 Å². The smallest absolute Gasteiger partial charge is 0.258 e. The van der Waals surface area contributed by atoms with Crippen molar-refractivity contribution in [1.29, 1.82) is 0 Å². The summed E-state index contributed by atoms with van der Waals surface area (Å²) in [5.74, 6) is -0.333. The number of carbonyl (C=O) groups is 1. The summed E-state index contributed by atoms with van der Waals surface area (Å²) >= 11 is 0. The average Bonchev–Trinajstić information content (AvgIpc) is 2.79. The number of amides is 1. The Morgan fingerprint density at radius 1 is 1.33 bits per heavy atom. The molecule has 0 aliphatic heterocycles. The zero-order chi connectivity index (χ0) is 15.6. The molecular formula is C16H20FN3O. The van der Waals surface area contributed by atoms with Crippen LogP contribution in [0.3, 0.4) is 0 Å². The first-order chi connectivity index (χ1) is 9.95. The van der Waals surface area contributed by atoms with E-state index in [0.717, 1.165) is 11.3 Å². The van der Waals surface area contributed by atoms with Crippen molar-refractivity contribution in [3.8, 4) is 0 Å². The molecule has 112 valence electrons. The lowest BCUT2D eigenvalue weighted by Gasteiger charge is -2.28. The molecule has 2 aromatic rings. The van der Waals surface area contributed by atoms with Crippen molar-refractivity contribution in [1.82, 2.24) is 15.1 Å². The molecule has 0 aliphatic carbocycles. The van der Waals surface area contributed by atoms with Crippen molar-refractivity contribution < 1.29 is 9.18 Å². The molecule has 1 amide bonds. The van der Waals surface area contributed by atoms with Crippen LogP contribution in [0.1, 0.15) is 47.2 Å². The SMILES string of the molecule is CCN(C(=O)c1c(C)n[nH]c1C)C(C)c1ccc(F)cc1. The molecule has 2 rings (SSSR count). The molecule has 0 fully saturated rings. The standard InChI is InChI=1S/C16H20FN3O/c1-5-20(12(4)13-6-8-14(17)9-7-13)16(21)15-10(2)18-19-11(15)3/h6-9,12H,5H2,1-4H3,(H,18,19). The number of rotatable bonds is 4. The molecule has 4 nitrogen and oxygen atoms in total. The number of H-pyrrole nitrogens is 1. The highest BCUT2D eigenvalue weighted by molar-refractivity contribution is 5.96. The first-order valence-corrected chi connectivity index (χ1v) is 7.03. The predicted octanol–water partition coefficient (Wildman–Crippen LogP) is 3.39. The van der Waals surface area contributed by atoms with Crippen molar-refractivity contribution in [3.63, 3.8) is 0 Å². The van der Waals surface area contributed by atoms with Crippen LogP contribution >= 0.6 is 0 Å². The van der Waals surface area contributed by atoms with Crippen LogP contribution in [-0.4, -0.2) is 27.5 Å². The Bertz CT molecular complexity index is 614. The molecule has 1 heterocycles. The monoisotopic (exact) mass is 289 g/mol. The number of halogens is 1. The molecular weight excluding hydrogens is 269 g/mol. The second-order valence-electron chi connectivity index (χ2n) is 5.13. The van der Waals surface area contributed by atoms with E-state index in [9.17, 15) is 9.18 Å². The van der Waals surface area contributed by atoms with E-state index >= 15 is 0 Å². The van der Waals surface area contributed by atoms with Crippen molar-refractivity contribution in [3.05, 3.63) is 52.6 Å². The largest absolute Gasteiger partial charge is 0.332 e. The third-order valence-corrected chi connectivity index (χ3v) is 3.76. The minimum atomic E-state index is -0.276. The summed E-state index contributed by atoms with van der Waals surface area (Å²) in [5.41, 5.74) is 2.99. The third-order valence-electron chi connectivity index (χ3n) is 3.76. The fourth-order valence-corrected chi connectivity index (χ4v) is 2.52. The van der Waals surface area contributed by atoms with Crippen LogP contribution < -0.4 is 0 Å². The summed E-state index contributed by atoms with van der Waals surface area (Å²) in [6.07, 6.45) is 0. The van der Waals surface area contributed by atoms with Crippen molar-refractivity contribution in [2.75, 3.05) is 6.54 Å². The maximum absolute atomic E-state index is 13.0. The van der Waals surface area contributed by atoms with Gasteiger partial charge in [0.2, 0.25) is 0 Å². The Morgan fingerprint density at radius 3 is 2.43 bits per heavy atom. The number of benzene rings is 1. The highest BCUT2D eigenvalue weighted by Crippen LogP contribution is 2.24. The number of nitrogens with one attached hydrogen (secondary N) is 1. The number of aryl methyl sites for hydroxylation is 2. The molecule has 0 spiro atoms. The molecule has 1 unspecified atom stereocenters. The van der Waals surface area contributed by atoms with Crippen LogP contribution in [0.4, 0.5) is 4.39 Å². The van der Waals surface area contributed by atoms with Crippen LogP contribution in [0.2, 0.25) is 0 Å². The Morgan fingerprint density at radius 2 is 1.95 bits per heavy atom. The molecule has 0 saturated heterocycles. The normalized spacial score (nSPS) is 12.2. The number of aromatic amines is 1. The molecule has 0 aliphatic rings. The third kappa shape index (κ3) is 2.96. The van der Waals surface area contributed by atoms with Crippen molar-refractivity contribution in [2.45, 2.75) is 33.7 Å². The fourth-order valence-electron chi connectivity index (χ4n) is 2.52. The van der Waals surface area contributed by atoms with Gasteiger partial charge in [-0.15, -0.1) is 0 Å². The Labute approximate surface area is 124 Å². The molecule has 0 saturated carbocycles. The number of nitrogens with zero attached hydrogens (tertiary/aromatic N) is 2. The van der Waals surface area contributed by atoms with Crippen LogP contribution in [0, 0.1) is 19.7 Å². The van der Waals surface area contributed by atoms with Gasteiger partial charge >= 0.3 is 0 Å². The van der Waals surface area contributed by atoms with E-state index in [0.29, 0.717) is 17.8 Å². The minimum Gasteiger partial charge on any atom is -0.332 e. The van der Waals surface area contributed by atoms with E-state index in [1.54, 1.807) is 17.0 Å². The van der Waals surface area contributed by atoms with Gasteiger partial charge in [0.05, 0.1) is 17.3 Å². The summed E-state index contributed by atoms with van der Waals surface area (Å²) in [5, 5.41) is 6.91. The highest BCUT2D eigenvalue weighted by atomic mass is 19.1. The summed E-state index contributed by atoms with van der Waals surface area (Å²) < 4.78 is 13.0. The quantitative estimate of drug-likeness (QED) is 0.938. The summed E-state index contributed by atoms with van der Waals surface area (Å²) in [4.78, 5) is 14.5. The first-order valence-electron chi connectivity index (χ1n) is 7.03. The van der Waals surface area contributed by atoms with Gasteiger partial charge in [-0.1, -0.05) is 12.1 Å². The predicted molar refractivity (Wildman–Crippen MR) is 79.6 cm³/mol. The lowest BCUT2D eigenvalue weighted by molar-refractivity contribution is 0.0701. The molecule has 5 heteroatoms. The van der Waals surface area contributed by atoms with Crippen molar-refractivity contribution in [2.24, 2.45) is 0 Å². The summed E-state index contributed by atoms with van der Waals surface area (Å²) in [6.45, 7) is 8.10. The zero-order valence-electron chi connectivity index (χ0n) is 12.8. The number of carbonyl (C=O) groups excluding carboxylic acids is 1. The molecule has 1 atom stereocenters. The Kier molecular flexibility index (Phi) is 4.40. The lowest BCUT2D eigenvalue weighted by Crippen LogP contribution is -2.34. The van der Waals surface area contributed by atoms with E-state index < -0.39 is 0 Å². The van der Waals surface area contributed by atoms with Gasteiger partial charge in [-0.25, -0.2) is 4.39 Å². The molecule has 21 heavy (non-hydrogen) atoms. The number of hydrogen-bond acceptors (Lipinski definition) is 2. The van der Waals surface area contributed by atoms with E-state index in [1.165, 1.54) is 12.1 Å². The molecule has 0 bridgehead atoms.